The van der Waals surface area contributed by atoms with E-state index >= 15 is 0 Å². The number of benzene rings is 2. The minimum atomic E-state index is -0.0325. The van der Waals surface area contributed by atoms with Gasteiger partial charge in [-0.25, -0.2) is 0 Å². The van der Waals surface area contributed by atoms with Gasteiger partial charge in [0.25, 0.3) is 5.91 Å². The van der Waals surface area contributed by atoms with Crippen molar-refractivity contribution in [2.24, 2.45) is 0 Å². The highest BCUT2D eigenvalue weighted by Gasteiger charge is 2.33. The number of amides is 1. The third kappa shape index (κ3) is 2.94. The zero-order valence-electron chi connectivity index (χ0n) is 14.0. The van der Waals surface area contributed by atoms with Gasteiger partial charge in [-0.1, -0.05) is 36.4 Å². The Morgan fingerprint density at radius 2 is 1.96 bits per heavy atom. The summed E-state index contributed by atoms with van der Waals surface area (Å²) < 4.78 is 5.28. The summed E-state index contributed by atoms with van der Waals surface area (Å²) in [6.07, 6.45) is 0.909. The van der Waals surface area contributed by atoms with Crippen molar-refractivity contribution in [1.82, 2.24) is 4.90 Å². The molecule has 2 heterocycles. The molecular weight excluding hydrogens is 330 g/mol. The van der Waals surface area contributed by atoms with Crippen LogP contribution in [0.25, 0.3) is 0 Å². The van der Waals surface area contributed by atoms with Crippen molar-refractivity contribution in [2.75, 3.05) is 13.7 Å². The summed E-state index contributed by atoms with van der Waals surface area (Å²) in [5, 5.41) is 2.13. The Labute approximate surface area is 151 Å². The van der Waals surface area contributed by atoms with Crippen LogP contribution in [0, 0.1) is 0 Å². The predicted octanol–water partition coefficient (Wildman–Crippen LogP) is 4.54. The van der Waals surface area contributed by atoms with E-state index in [2.05, 4.69) is 23.6 Å². The molecule has 0 spiro atoms. The molecule has 1 aliphatic heterocycles. The maximum atomic E-state index is 13.3. The zero-order valence-corrected chi connectivity index (χ0v) is 14.8. The quantitative estimate of drug-likeness (QED) is 0.694. The second kappa shape index (κ2) is 6.73. The van der Waals surface area contributed by atoms with Crippen LogP contribution in [0.1, 0.15) is 32.4 Å². The maximum absolute atomic E-state index is 13.3. The highest BCUT2D eigenvalue weighted by Crippen LogP contribution is 2.38. The molecule has 4 rings (SSSR count). The van der Waals surface area contributed by atoms with Gasteiger partial charge in [0.05, 0.1) is 13.2 Å². The third-order valence-corrected chi connectivity index (χ3v) is 5.66. The molecule has 126 valence electrons. The number of thiophene rings is 1. The Morgan fingerprint density at radius 1 is 1.12 bits per heavy atom. The monoisotopic (exact) mass is 349 g/mol. The molecule has 25 heavy (non-hydrogen) atoms. The number of methoxy groups -OCH3 is 1. The van der Waals surface area contributed by atoms with Crippen LogP contribution in [0.3, 0.4) is 0 Å². The van der Waals surface area contributed by atoms with Crippen LogP contribution in [0.5, 0.6) is 5.75 Å². The van der Waals surface area contributed by atoms with Gasteiger partial charge in [0.1, 0.15) is 5.75 Å². The summed E-state index contributed by atoms with van der Waals surface area (Å²) in [7, 11) is 1.62. The number of nitrogens with zero attached hydrogens (tertiary/aromatic N) is 1. The molecule has 0 saturated heterocycles. The standard InChI is InChI=1S/C21H19NO2S/c1-24-17-9-5-8-16(14-17)21(23)22-12-10-19-18(11-13-25-19)20(22)15-6-3-2-4-7-15/h2-9,11,13-14,20H,10,12H2,1H3/t20-/m1/s1. The molecular formula is C21H19NO2S. The van der Waals surface area contributed by atoms with Crippen molar-refractivity contribution in [3.63, 3.8) is 0 Å². The van der Waals surface area contributed by atoms with Crippen molar-refractivity contribution in [1.29, 1.82) is 0 Å². The van der Waals surface area contributed by atoms with Crippen LogP contribution in [-0.4, -0.2) is 24.5 Å². The van der Waals surface area contributed by atoms with Crippen LogP contribution >= 0.6 is 11.3 Å². The fourth-order valence-corrected chi connectivity index (χ4v) is 4.36. The second-order valence-corrected chi connectivity index (χ2v) is 7.09. The molecule has 1 aliphatic rings. The molecule has 0 radical (unpaired) electrons. The molecule has 0 fully saturated rings. The van der Waals surface area contributed by atoms with Gasteiger partial charge in [-0.3, -0.25) is 4.79 Å². The minimum Gasteiger partial charge on any atom is -0.497 e. The SMILES string of the molecule is COc1cccc(C(=O)N2CCc3sccc3[C@H]2c2ccccc2)c1. The van der Waals surface area contributed by atoms with Gasteiger partial charge in [-0.05, 0) is 47.2 Å². The van der Waals surface area contributed by atoms with Crippen molar-refractivity contribution in [2.45, 2.75) is 12.5 Å². The fraction of sp³-hybridized carbons (Fsp3) is 0.190. The van der Waals surface area contributed by atoms with E-state index in [4.69, 9.17) is 4.74 Å². The van der Waals surface area contributed by atoms with Gasteiger partial charge >= 0.3 is 0 Å². The lowest BCUT2D eigenvalue weighted by Crippen LogP contribution is -2.40. The van der Waals surface area contributed by atoms with E-state index in [-0.39, 0.29) is 11.9 Å². The lowest BCUT2D eigenvalue weighted by atomic mass is 9.92. The summed E-state index contributed by atoms with van der Waals surface area (Å²) in [5.74, 6) is 0.750. The lowest BCUT2D eigenvalue weighted by Gasteiger charge is -2.36. The first kappa shape index (κ1) is 15.9. The van der Waals surface area contributed by atoms with Crippen molar-refractivity contribution >= 4 is 17.2 Å². The number of hydrogen-bond donors (Lipinski definition) is 0. The molecule has 0 saturated carbocycles. The van der Waals surface area contributed by atoms with E-state index in [0.717, 1.165) is 18.5 Å². The Morgan fingerprint density at radius 3 is 2.76 bits per heavy atom. The highest BCUT2D eigenvalue weighted by atomic mass is 32.1. The highest BCUT2D eigenvalue weighted by molar-refractivity contribution is 7.10. The molecule has 0 aliphatic carbocycles. The number of carbonyl (C=O) groups excluding carboxylic acids is 1. The summed E-state index contributed by atoms with van der Waals surface area (Å²) in [5.41, 5.74) is 3.07. The summed E-state index contributed by atoms with van der Waals surface area (Å²) in [4.78, 5) is 16.6. The van der Waals surface area contributed by atoms with Gasteiger partial charge in [-0.15, -0.1) is 11.3 Å². The molecule has 1 amide bonds. The van der Waals surface area contributed by atoms with Gasteiger partial charge in [0.15, 0.2) is 0 Å². The molecule has 0 bridgehead atoms. The Balaban J connectivity index is 1.76. The number of rotatable bonds is 3. The maximum Gasteiger partial charge on any atom is 0.254 e. The van der Waals surface area contributed by atoms with Gasteiger partial charge in [0, 0.05) is 17.0 Å². The molecule has 0 N–H and O–H groups in total. The Bertz CT molecular complexity index is 888. The van der Waals surface area contributed by atoms with Gasteiger partial charge in [-0.2, -0.15) is 0 Å². The average Bonchev–Trinajstić information content (AvgIpc) is 3.16. The largest absolute Gasteiger partial charge is 0.497 e. The number of hydrogen-bond acceptors (Lipinski definition) is 3. The topological polar surface area (TPSA) is 29.5 Å². The van der Waals surface area contributed by atoms with Crippen LogP contribution < -0.4 is 4.74 Å². The minimum absolute atomic E-state index is 0.0325. The molecule has 3 nitrogen and oxygen atoms in total. The first-order chi connectivity index (χ1) is 12.3. The van der Waals surface area contributed by atoms with Crippen molar-refractivity contribution in [3.8, 4) is 5.75 Å². The first-order valence-corrected chi connectivity index (χ1v) is 9.22. The smallest absolute Gasteiger partial charge is 0.254 e. The van der Waals surface area contributed by atoms with E-state index in [1.165, 1.54) is 10.4 Å². The molecule has 0 unspecified atom stereocenters. The van der Waals surface area contributed by atoms with Crippen molar-refractivity contribution in [3.05, 3.63) is 87.6 Å². The van der Waals surface area contributed by atoms with E-state index in [1.807, 2.05) is 47.4 Å². The summed E-state index contributed by atoms with van der Waals surface area (Å²) >= 11 is 1.78. The van der Waals surface area contributed by atoms with Crippen LogP contribution in [-0.2, 0) is 6.42 Å². The van der Waals surface area contributed by atoms with Crippen molar-refractivity contribution < 1.29 is 9.53 Å². The zero-order chi connectivity index (χ0) is 17.2. The van der Waals surface area contributed by atoms with Gasteiger partial charge in [0.2, 0.25) is 0 Å². The molecule has 4 heteroatoms. The first-order valence-electron chi connectivity index (χ1n) is 8.34. The third-order valence-electron chi connectivity index (χ3n) is 4.66. The van der Waals surface area contributed by atoms with Crippen LogP contribution in [0.2, 0.25) is 0 Å². The van der Waals surface area contributed by atoms with E-state index < -0.39 is 0 Å². The molecule has 1 aromatic heterocycles. The second-order valence-electron chi connectivity index (χ2n) is 6.09. The number of carbonyl (C=O) groups is 1. The molecule has 2 aromatic carbocycles. The van der Waals surface area contributed by atoms with E-state index in [1.54, 1.807) is 18.4 Å². The summed E-state index contributed by atoms with van der Waals surface area (Å²) in [6, 6.07) is 19.8. The van der Waals surface area contributed by atoms with Crippen LogP contribution in [0.15, 0.2) is 66.0 Å². The molecule has 1 atom stereocenters. The lowest BCUT2D eigenvalue weighted by molar-refractivity contribution is 0.0695. The number of fused-ring (bicyclic) bond motifs is 1. The van der Waals surface area contributed by atoms with Crippen LogP contribution in [0.4, 0.5) is 0 Å². The Hall–Kier alpha value is -2.59. The fourth-order valence-electron chi connectivity index (χ4n) is 3.45. The van der Waals surface area contributed by atoms with E-state index in [0.29, 0.717) is 11.3 Å². The average molecular weight is 349 g/mol. The predicted molar refractivity (Wildman–Crippen MR) is 100 cm³/mol. The summed E-state index contributed by atoms with van der Waals surface area (Å²) in [6.45, 7) is 0.725. The van der Waals surface area contributed by atoms with E-state index in [9.17, 15) is 4.79 Å². The molecule has 3 aromatic rings. The van der Waals surface area contributed by atoms with Gasteiger partial charge < -0.3 is 9.64 Å². The number of ether oxygens (including phenoxy) is 1. The Kier molecular flexibility index (Phi) is 4.28. The normalized spacial score (nSPS) is 16.4.